The van der Waals surface area contributed by atoms with Crippen LogP contribution in [0, 0.1) is 5.82 Å². The number of rotatable bonds is 4. The fourth-order valence-corrected chi connectivity index (χ4v) is 5.03. The first-order valence-electron chi connectivity index (χ1n) is 11.1. The van der Waals surface area contributed by atoms with Gasteiger partial charge in [0.15, 0.2) is 0 Å². The highest BCUT2D eigenvalue weighted by atomic mass is 19.1. The molecule has 9 heteroatoms. The molecule has 31 heavy (non-hydrogen) atoms. The van der Waals surface area contributed by atoms with Crippen LogP contribution in [-0.2, 0) is 9.47 Å². The van der Waals surface area contributed by atoms with Crippen molar-refractivity contribution in [2.75, 3.05) is 29.9 Å². The quantitative estimate of drug-likeness (QED) is 0.752. The number of aliphatic hydroxyl groups is 1. The molecular weight excluding hydrogens is 405 g/mol. The van der Waals surface area contributed by atoms with Crippen LogP contribution < -0.4 is 10.2 Å². The van der Waals surface area contributed by atoms with Crippen LogP contribution in [0.1, 0.15) is 45.4 Å². The Morgan fingerprint density at radius 1 is 1.23 bits per heavy atom. The number of aliphatic hydroxyl groups excluding tert-OH is 1. The molecule has 3 heterocycles. The molecule has 8 nitrogen and oxygen atoms in total. The number of carbonyl (C=O) groups is 2. The maximum absolute atomic E-state index is 14.7. The Balaban J connectivity index is 1.36. The van der Waals surface area contributed by atoms with Gasteiger partial charge in [-0.1, -0.05) is 0 Å². The van der Waals surface area contributed by atoms with Crippen LogP contribution in [0.2, 0.25) is 0 Å². The van der Waals surface area contributed by atoms with E-state index in [1.54, 1.807) is 19.1 Å². The third-order valence-electron chi connectivity index (χ3n) is 6.37. The fourth-order valence-electron chi connectivity index (χ4n) is 5.03. The second kappa shape index (κ2) is 9.30. The van der Waals surface area contributed by atoms with Gasteiger partial charge in [-0.3, -0.25) is 5.32 Å². The first-order chi connectivity index (χ1) is 14.9. The number of ether oxygens (including phenoxy) is 2. The molecule has 2 amide bonds. The number of fused-ring (bicyclic) bond motifs is 2. The van der Waals surface area contributed by atoms with Crippen molar-refractivity contribution in [3.8, 4) is 0 Å². The van der Waals surface area contributed by atoms with E-state index in [4.69, 9.17) is 9.47 Å². The van der Waals surface area contributed by atoms with Crippen LogP contribution in [-0.4, -0.2) is 66.2 Å². The van der Waals surface area contributed by atoms with E-state index in [9.17, 15) is 19.1 Å². The number of piperidine rings is 2. The predicted molar refractivity (Wildman–Crippen MR) is 113 cm³/mol. The topological polar surface area (TPSA) is 91.3 Å². The Morgan fingerprint density at radius 3 is 2.65 bits per heavy atom. The molecular formula is C22H30FN3O5. The van der Waals surface area contributed by atoms with Gasteiger partial charge in [-0.15, -0.1) is 0 Å². The second-order valence-corrected chi connectivity index (χ2v) is 8.52. The van der Waals surface area contributed by atoms with Gasteiger partial charge in [0.05, 0.1) is 24.9 Å². The van der Waals surface area contributed by atoms with Gasteiger partial charge in [0.25, 0.3) is 0 Å². The summed E-state index contributed by atoms with van der Waals surface area (Å²) in [4.78, 5) is 28.0. The molecule has 0 radical (unpaired) electrons. The Kier molecular flexibility index (Phi) is 6.50. The predicted octanol–water partition coefficient (Wildman–Crippen LogP) is 3.49. The van der Waals surface area contributed by atoms with E-state index in [1.165, 1.54) is 6.07 Å². The molecule has 0 aromatic heterocycles. The molecule has 0 aliphatic carbocycles. The zero-order valence-electron chi connectivity index (χ0n) is 17.8. The van der Waals surface area contributed by atoms with Crippen molar-refractivity contribution in [1.82, 2.24) is 4.90 Å². The monoisotopic (exact) mass is 435 g/mol. The summed E-state index contributed by atoms with van der Waals surface area (Å²) in [5.74, 6) is -0.454. The van der Waals surface area contributed by atoms with Gasteiger partial charge in [0.1, 0.15) is 11.9 Å². The molecule has 4 rings (SSSR count). The molecule has 0 saturated carbocycles. The summed E-state index contributed by atoms with van der Waals surface area (Å²) in [5, 5.41) is 12.4. The van der Waals surface area contributed by atoms with E-state index in [0.717, 1.165) is 25.7 Å². The summed E-state index contributed by atoms with van der Waals surface area (Å²) < 4.78 is 25.3. The molecule has 2 bridgehead atoms. The van der Waals surface area contributed by atoms with Crippen molar-refractivity contribution >= 4 is 23.6 Å². The summed E-state index contributed by atoms with van der Waals surface area (Å²) in [7, 11) is 0. The highest BCUT2D eigenvalue weighted by Gasteiger charge is 2.44. The van der Waals surface area contributed by atoms with Gasteiger partial charge < -0.3 is 24.4 Å². The van der Waals surface area contributed by atoms with Gasteiger partial charge in [0, 0.05) is 24.3 Å². The summed E-state index contributed by atoms with van der Waals surface area (Å²) >= 11 is 0. The van der Waals surface area contributed by atoms with E-state index in [2.05, 4.69) is 5.32 Å². The zero-order valence-corrected chi connectivity index (χ0v) is 17.8. The maximum Gasteiger partial charge on any atom is 0.411 e. The number of carbonyl (C=O) groups excluding carboxylic acids is 2. The van der Waals surface area contributed by atoms with Crippen LogP contribution >= 0.6 is 0 Å². The molecule has 1 aromatic carbocycles. The standard InChI is InChI=1S/C22H30FN3O5/c1-2-30-21(28)24-14-5-8-20(19(23)10-14)25-9-3-4-18(13-25)31-22(29)26-15-6-7-16(26)12-17(27)11-15/h5,8,10,15-18,27H,2-4,6-7,9,11-13H2,1H3,(H,24,28). The SMILES string of the molecule is CCOC(=O)Nc1ccc(N2CCCC(OC(=O)N3C4CCC3CC(O)C4)C2)c(F)c1. The minimum absolute atomic E-state index is 0.0535. The molecule has 3 fully saturated rings. The number of nitrogens with one attached hydrogen (secondary N) is 1. The average Bonchev–Trinajstić information content (AvgIpc) is 3.00. The molecule has 3 saturated heterocycles. The lowest BCUT2D eigenvalue weighted by atomic mass is 10.0. The molecule has 3 aliphatic heterocycles. The summed E-state index contributed by atoms with van der Waals surface area (Å²) in [6.07, 6.45) is 2.96. The third-order valence-corrected chi connectivity index (χ3v) is 6.37. The highest BCUT2D eigenvalue weighted by molar-refractivity contribution is 5.84. The van der Waals surface area contributed by atoms with Gasteiger partial charge in [-0.25, -0.2) is 14.0 Å². The van der Waals surface area contributed by atoms with Crippen LogP contribution in [0.3, 0.4) is 0 Å². The molecule has 0 spiro atoms. The first kappa shape index (κ1) is 21.7. The van der Waals surface area contributed by atoms with Crippen molar-refractivity contribution in [3.63, 3.8) is 0 Å². The molecule has 3 unspecified atom stereocenters. The molecule has 3 aliphatic rings. The largest absolute Gasteiger partial charge is 0.450 e. The van der Waals surface area contributed by atoms with E-state index in [-0.39, 0.29) is 37.0 Å². The summed E-state index contributed by atoms with van der Waals surface area (Å²) in [6, 6.07) is 4.61. The Bertz CT molecular complexity index is 808. The average molecular weight is 435 g/mol. The van der Waals surface area contributed by atoms with E-state index in [1.807, 2.05) is 9.80 Å². The molecule has 170 valence electrons. The fraction of sp³-hybridized carbons (Fsp3) is 0.636. The Hall–Kier alpha value is -2.55. The number of amides is 2. The van der Waals surface area contributed by atoms with Crippen LogP contribution in [0.5, 0.6) is 0 Å². The molecule has 3 atom stereocenters. The van der Waals surface area contributed by atoms with E-state index < -0.39 is 11.9 Å². The van der Waals surface area contributed by atoms with E-state index in [0.29, 0.717) is 37.3 Å². The normalized spacial score (nSPS) is 27.7. The first-order valence-corrected chi connectivity index (χ1v) is 11.1. The van der Waals surface area contributed by atoms with Crippen molar-refractivity contribution in [2.45, 2.75) is 69.7 Å². The zero-order chi connectivity index (χ0) is 22.0. The Morgan fingerprint density at radius 2 is 1.97 bits per heavy atom. The number of anilines is 2. The van der Waals surface area contributed by atoms with Gasteiger partial charge in [0.2, 0.25) is 0 Å². The maximum atomic E-state index is 14.7. The number of hydrogen-bond donors (Lipinski definition) is 2. The van der Waals surface area contributed by atoms with Gasteiger partial charge >= 0.3 is 12.2 Å². The van der Waals surface area contributed by atoms with Crippen LogP contribution in [0.25, 0.3) is 0 Å². The lowest BCUT2D eigenvalue weighted by molar-refractivity contribution is 0.00640. The summed E-state index contributed by atoms with van der Waals surface area (Å²) in [6.45, 7) is 3.01. The van der Waals surface area contributed by atoms with Crippen molar-refractivity contribution in [1.29, 1.82) is 0 Å². The number of benzene rings is 1. The van der Waals surface area contributed by atoms with Crippen molar-refractivity contribution < 1.29 is 28.6 Å². The smallest absolute Gasteiger partial charge is 0.411 e. The highest BCUT2D eigenvalue weighted by Crippen LogP contribution is 2.36. The van der Waals surface area contributed by atoms with Gasteiger partial charge in [-0.05, 0) is 63.6 Å². The molecule has 2 N–H and O–H groups in total. The second-order valence-electron chi connectivity index (χ2n) is 8.52. The van der Waals surface area contributed by atoms with Crippen molar-refractivity contribution in [2.24, 2.45) is 0 Å². The molecule has 1 aromatic rings. The number of halogens is 1. The minimum atomic E-state index is -0.626. The van der Waals surface area contributed by atoms with Crippen LogP contribution in [0.4, 0.5) is 25.4 Å². The third kappa shape index (κ3) is 4.87. The van der Waals surface area contributed by atoms with Gasteiger partial charge in [-0.2, -0.15) is 0 Å². The minimum Gasteiger partial charge on any atom is -0.450 e. The number of nitrogens with zero attached hydrogens (tertiary/aromatic N) is 2. The van der Waals surface area contributed by atoms with Crippen molar-refractivity contribution in [3.05, 3.63) is 24.0 Å². The van der Waals surface area contributed by atoms with Crippen LogP contribution in [0.15, 0.2) is 18.2 Å². The lowest BCUT2D eigenvalue weighted by Gasteiger charge is -2.39. The number of hydrogen-bond acceptors (Lipinski definition) is 6. The Labute approximate surface area is 181 Å². The lowest BCUT2D eigenvalue weighted by Crippen LogP contribution is -2.50. The van der Waals surface area contributed by atoms with E-state index >= 15 is 0 Å². The summed E-state index contributed by atoms with van der Waals surface area (Å²) in [5.41, 5.74) is 0.735.